The molecule has 3 unspecified atom stereocenters. The van der Waals surface area contributed by atoms with Crippen molar-refractivity contribution in [1.29, 1.82) is 0 Å². The highest BCUT2D eigenvalue weighted by atomic mass is 16.4. The van der Waals surface area contributed by atoms with E-state index in [1.54, 1.807) is 24.3 Å². The van der Waals surface area contributed by atoms with Crippen LogP contribution in [0.15, 0.2) is 35.3 Å². The Morgan fingerprint density at radius 2 is 1.56 bits per heavy atom. The predicted octanol–water partition coefficient (Wildman–Crippen LogP) is -2.09. The molecule has 1 rings (SSSR count). The number of nitrogens with two attached hydrogens (primary N) is 4. The molecule has 3 amide bonds. The van der Waals surface area contributed by atoms with Gasteiger partial charge in [0.15, 0.2) is 5.96 Å². The van der Waals surface area contributed by atoms with E-state index in [0.717, 1.165) is 5.56 Å². The van der Waals surface area contributed by atoms with Gasteiger partial charge in [0.25, 0.3) is 0 Å². The molecular formula is C23H38N8O5. The number of amides is 3. The first kappa shape index (κ1) is 30.3. The van der Waals surface area contributed by atoms with Crippen molar-refractivity contribution >= 4 is 29.7 Å². The summed E-state index contributed by atoms with van der Waals surface area (Å²) in [6.07, 6.45) is 2.34. The molecule has 0 aliphatic rings. The highest BCUT2D eigenvalue weighted by molar-refractivity contribution is 5.93. The first-order chi connectivity index (χ1) is 17.1. The van der Waals surface area contributed by atoms with Gasteiger partial charge in [0.1, 0.15) is 18.6 Å². The van der Waals surface area contributed by atoms with Gasteiger partial charge < -0.3 is 44.0 Å². The number of carbonyl (C=O) groups excluding carboxylic acids is 3. The molecule has 0 heterocycles. The third-order valence-corrected chi connectivity index (χ3v) is 5.21. The van der Waals surface area contributed by atoms with Crippen LogP contribution < -0.4 is 38.9 Å². The average Bonchev–Trinajstić information content (AvgIpc) is 2.84. The van der Waals surface area contributed by atoms with Crippen LogP contribution in [-0.4, -0.2) is 72.5 Å². The molecule has 12 N–H and O–H groups in total. The highest BCUT2D eigenvalue weighted by Gasteiger charge is 2.28. The van der Waals surface area contributed by atoms with Crippen molar-refractivity contribution in [2.45, 2.75) is 56.7 Å². The van der Waals surface area contributed by atoms with Crippen molar-refractivity contribution in [1.82, 2.24) is 16.0 Å². The van der Waals surface area contributed by atoms with E-state index in [1.807, 2.05) is 6.07 Å². The zero-order valence-corrected chi connectivity index (χ0v) is 20.3. The van der Waals surface area contributed by atoms with Gasteiger partial charge in [-0.3, -0.25) is 24.2 Å². The molecule has 200 valence electrons. The van der Waals surface area contributed by atoms with Crippen LogP contribution in [0.2, 0.25) is 0 Å². The molecule has 0 bridgehead atoms. The number of hydrogen-bond acceptors (Lipinski definition) is 7. The predicted molar refractivity (Wildman–Crippen MR) is 135 cm³/mol. The van der Waals surface area contributed by atoms with Crippen molar-refractivity contribution in [3.8, 4) is 0 Å². The maximum Gasteiger partial charge on any atom is 0.322 e. The Bertz CT molecular complexity index is 877. The van der Waals surface area contributed by atoms with Gasteiger partial charge in [0, 0.05) is 13.0 Å². The molecule has 36 heavy (non-hydrogen) atoms. The summed E-state index contributed by atoms with van der Waals surface area (Å²) >= 11 is 0. The monoisotopic (exact) mass is 506 g/mol. The quantitative estimate of drug-likeness (QED) is 0.0655. The molecule has 0 spiro atoms. The number of carboxylic acid groups (broad SMARTS) is 1. The second kappa shape index (κ2) is 16.8. The molecule has 1 aromatic rings. The average molecular weight is 507 g/mol. The maximum atomic E-state index is 13.2. The summed E-state index contributed by atoms with van der Waals surface area (Å²) in [7, 11) is 0. The Balaban J connectivity index is 2.94. The summed E-state index contributed by atoms with van der Waals surface area (Å²) in [6, 6.07) is 6.13. The molecule has 0 aliphatic heterocycles. The molecule has 0 radical (unpaired) electrons. The molecule has 0 saturated heterocycles. The molecule has 0 aromatic heterocycles. The van der Waals surface area contributed by atoms with Gasteiger partial charge in [-0.1, -0.05) is 30.3 Å². The maximum absolute atomic E-state index is 13.2. The van der Waals surface area contributed by atoms with Gasteiger partial charge in [-0.2, -0.15) is 0 Å². The normalized spacial score (nSPS) is 13.1. The number of nitrogens with one attached hydrogen (secondary N) is 3. The van der Waals surface area contributed by atoms with Crippen LogP contribution >= 0.6 is 0 Å². The molecule has 3 atom stereocenters. The number of carboxylic acids is 1. The molecule has 0 saturated carbocycles. The summed E-state index contributed by atoms with van der Waals surface area (Å²) in [4.78, 5) is 53.1. The molecular weight excluding hydrogens is 468 g/mol. The summed E-state index contributed by atoms with van der Waals surface area (Å²) in [5, 5.41) is 16.4. The number of aliphatic imine (C=N–C) groups is 1. The number of unbranched alkanes of at least 4 members (excludes halogenated alkanes) is 1. The third-order valence-electron chi connectivity index (χ3n) is 5.21. The zero-order valence-electron chi connectivity index (χ0n) is 20.3. The first-order valence-corrected chi connectivity index (χ1v) is 11.8. The third kappa shape index (κ3) is 12.7. The Labute approximate surface area is 210 Å². The van der Waals surface area contributed by atoms with E-state index >= 15 is 0 Å². The van der Waals surface area contributed by atoms with Crippen LogP contribution in [-0.2, 0) is 25.6 Å². The fourth-order valence-electron chi connectivity index (χ4n) is 3.31. The van der Waals surface area contributed by atoms with E-state index in [2.05, 4.69) is 20.9 Å². The van der Waals surface area contributed by atoms with E-state index in [4.69, 9.17) is 28.0 Å². The number of rotatable bonds is 17. The first-order valence-electron chi connectivity index (χ1n) is 11.8. The molecule has 1 aromatic carbocycles. The highest BCUT2D eigenvalue weighted by Crippen LogP contribution is 2.07. The van der Waals surface area contributed by atoms with Gasteiger partial charge in [-0.05, 0) is 44.2 Å². The van der Waals surface area contributed by atoms with Crippen LogP contribution in [0, 0.1) is 0 Å². The van der Waals surface area contributed by atoms with Crippen molar-refractivity contribution in [2.75, 3.05) is 19.6 Å². The largest absolute Gasteiger partial charge is 0.480 e. The topological polar surface area (TPSA) is 241 Å². The van der Waals surface area contributed by atoms with E-state index in [0.29, 0.717) is 38.8 Å². The van der Waals surface area contributed by atoms with E-state index < -0.39 is 48.4 Å². The summed E-state index contributed by atoms with van der Waals surface area (Å²) < 4.78 is 0. The number of nitrogens with zero attached hydrogens (tertiary/aromatic N) is 1. The molecule has 13 heteroatoms. The van der Waals surface area contributed by atoms with Crippen molar-refractivity contribution in [2.24, 2.45) is 27.9 Å². The summed E-state index contributed by atoms with van der Waals surface area (Å²) in [5.74, 6) is -3.03. The minimum absolute atomic E-state index is 0.0546. The van der Waals surface area contributed by atoms with Gasteiger partial charge in [-0.15, -0.1) is 0 Å². The van der Waals surface area contributed by atoms with Crippen molar-refractivity contribution in [3.05, 3.63) is 35.9 Å². The van der Waals surface area contributed by atoms with Crippen LogP contribution in [0.25, 0.3) is 0 Å². The molecule has 0 fully saturated rings. The Morgan fingerprint density at radius 1 is 0.889 bits per heavy atom. The van der Waals surface area contributed by atoms with E-state index in [9.17, 15) is 19.2 Å². The second-order valence-electron chi connectivity index (χ2n) is 8.26. The lowest BCUT2D eigenvalue weighted by Crippen LogP contribution is -2.56. The lowest BCUT2D eigenvalue weighted by Gasteiger charge is -2.24. The number of guanidine groups is 1. The van der Waals surface area contributed by atoms with Gasteiger partial charge >= 0.3 is 5.97 Å². The minimum Gasteiger partial charge on any atom is -0.480 e. The Kier molecular flexibility index (Phi) is 14.2. The number of carbonyl (C=O) groups is 4. The fraction of sp³-hybridized carbons (Fsp3) is 0.522. The number of aliphatic carboxylic acids is 1. The zero-order chi connectivity index (χ0) is 26.9. The summed E-state index contributed by atoms with van der Waals surface area (Å²) in [6.45, 7) is 0.138. The Hall–Kier alpha value is -3.71. The Morgan fingerprint density at radius 3 is 2.17 bits per heavy atom. The number of benzene rings is 1. The van der Waals surface area contributed by atoms with E-state index in [-0.39, 0.29) is 18.8 Å². The molecule has 0 aliphatic carbocycles. The smallest absolute Gasteiger partial charge is 0.322 e. The van der Waals surface area contributed by atoms with Crippen LogP contribution in [0.3, 0.4) is 0 Å². The standard InChI is InChI=1S/C23H38N8O5/c24-11-5-4-10-17(21(35)29-14-19(32)33)30-22(36)18(13-15-7-2-1-3-8-15)31-20(34)16(25)9-6-12-28-23(26)27/h1-3,7-8,16-18H,4-6,9-14,24-25H2,(H,29,35)(H,30,36)(H,31,34)(H,32,33)(H4,26,27,28). The van der Waals surface area contributed by atoms with Crippen molar-refractivity contribution in [3.63, 3.8) is 0 Å². The molecule has 13 nitrogen and oxygen atoms in total. The lowest BCUT2D eigenvalue weighted by molar-refractivity contribution is -0.138. The number of hydrogen-bond donors (Lipinski definition) is 8. The fourth-order valence-corrected chi connectivity index (χ4v) is 3.31. The lowest BCUT2D eigenvalue weighted by atomic mass is 10.0. The van der Waals surface area contributed by atoms with Gasteiger partial charge in [0.2, 0.25) is 17.7 Å². The SMILES string of the molecule is NCCCCC(NC(=O)C(Cc1ccccc1)NC(=O)C(N)CCCN=C(N)N)C(=O)NCC(=O)O. The van der Waals surface area contributed by atoms with Gasteiger partial charge in [-0.25, -0.2) is 0 Å². The van der Waals surface area contributed by atoms with Gasteiger partial charge in [0.05, 0.1) is 6.04 Å². The van der Waals surface area contributed by atoms with E-state index in [1.165, 1.54) is 0 Å². The van der Waals surface area contributed by atoms with Crippen LogP contribution in [0.1, 0.15) is 37.7 Å². The summed E-state index contributed by atoms with van der Waals surface area (Å²) in [5.41, 5.74) is 22.9. The van der Waals surface area contributed by atoms with Crippen LogP contribution in [0.4, 0.5) is 0 Å². The second-order valence-corrected chi connectivity index (χ2v) is 8.26. The van der Waals surface area contributed by atoms with Crippen LogP contribution in [0.5, 0.6) is 0 Å². The minimum atomic E-state index is -1.21. The van der Waals surface area contributed by atoms with Crippen molar-refractivity contribution < 1.29 is 24.3 Å².